The summed E-state index contributed by atoms with van der Waals surface area (Å²) in [5.74, 6) is 0.0209. The largest absolute Gasteiger partial charge is 0.495 e. The fraction of sp³-hybridized carbons (Fsp3) is 0.556. The third kappa shape index (κ3) is 4.25. The lowest BCUT2D eigenvalue weighted by Crippen LogP contribution is -2.34. The second-order valence-electron chi connectivity index (χ2n) is 6.44. The van der Waals surface area contributed by atoms with Crippen molar-refractivity contribution < 1.29 is 19.1 Å². The first-order valence-corrected chi connectivity index (χ1v) is 8.99. The van der Waals surface area contributed by atoms with Gasteiger partial charge in [-0.15, -0.1) is 0 Å². The van der Waals surface area contributed by atoms with Crippen LogP contribution in [0.5, 0.6) is 5.75 Å². The number of benzene rings is 1. The Morgan fingerprint density at radius 3 is 3.04 bits per heavy atom. The maximum Gasteiger partial charge on any atom is 0.227 e. The van der Waals surface area contributed by atoms with E-state index < -0.39 is 0 Å². The molecule has 0 radical (unpaired) electrons. The van der Waals surface area contributed by atoms with Gasteiger partial charge in [0.2, 0.25) is 11.8 Å². The van der Waals surface area contributed by atoms with Crippen LogP contribution in [0.25, 0.3) is 0 Å². The van der Waals surface area contributed by atoms with Gasteiger partial charge >= 0.3 is 0 Å². The highest BCUT2D eigenvalue weighted by molar-refractivity contribution is 6.31. The maximum absolute atomic E-state index is 12.4. The van der Waals surface area contributed by atoms with E-state index in [-0.39, 0.29) is 30.3 Å². The minimum Gasteiger partial charge on any atom is -0.495 e. The van der Waals surface area contributed by atoms with Crippen molar-refractivity contribution >= 4 is 29.1 Å². The van der Waals surface area contributed by atoms with Gasteiger partial charge in [-0.3, -0.25) is 9.59 Å². The van der Waals surface area contributed by atoms with E-state index in [0.717, 1.165) is 25.9 Å². The fourth-order valence-corrected chi connectivity index (χ4v) is 3.53. The zero-order valence-corrected chi connectivity index (χ0v) is 15.1. The molecule has 0 aromatic heterocycles. The van der Waals surface area contributed by atoms with E-state index in [9.17, 15) is 9.59 Å². The molecule has 25 heavy (non-hydrogen) atoms. The Morgan fingerprint density at radius 2 is 2.32 bits per heavy atom. The molecule has 0 bridgehead atoms. The molecule has 2 atom stereocenters. The smallest absolute Gasteiger partial charge is 0.227 e. The van der Waals surface area contributed by atoms with Crippen LogP contribution in [-0.2, 0) is 14.3 Å². The highest BCUT2D eigenvalue weighted by Gasteiger charge is 2.36. The summed E-state index contributed by atoms with van der Waals surface area (Å²) in [5.41, 5.74) is 0.606. The summed E-state index contributed by atoms with van der Waals surface area (Å²) in [7, 11) is 1.54. The predicted molar refractivity (Wildman–Crippen MR) is 95.1 cm³/mol. The van der Waals surface area contributed by atoms with Crippen LogP contribution in [0.15, 0.2) is 18.2 Å². The fourth-order valence-electron chi connectivity index (χ4n) is 3.36. The van der Waals surface area contributed by atoms with E-state index in [1.807, 2.05) is 0 Å². The topological polar surface area (TPSA) is 67.9 Å². The number of rotatable bonds is 6. The van der Waals surface area contributed by atoms with Gasteiger partial charge in [0, 0.05) is 31.1 Å². The van der Waals surface area contributed by atoms with Crippen molar-refractivity contribution in [2.45, 2.75) is 31.8 Å². The second-order valence-corrected chi connectivity index (χ2v) is 6.87. The zero-order valence-electron chi connectivity index (χ0n) is 14.3. The highest BCUT2D eigenvalue weighted by atomic mass is 35.5. The van der Waals surface area contributed by atoms with Gasteiger partial charge in [0.15, 0.2) is 0 Å². The van der Waals surface area contributed by atoms with Crippen LogP contribution < -0.4 is 15.0 Å². The van der Waals surface area contributed by atoms with Gasteiger partial charge in [-0.1, -0.05) is 11.6 Å². The standard InChI is InChI=1S/C18H23ClN2O4/c1-24-16-5-4-13(19)10-15(16)21-11-12(9-17(21)22)18(23)20-7-6-14-3-2-8-25-14/h4-5,10,12,14H,2-3,6-9,11H2,1H3,(H,20,23)/t12-,14+/m1/s1. The Morgan fingerprint density at radius 1 is 1.48 bits per heavy atom. The van der Waals surface area contributed by atoms with Gasteiger partial charge in [-0.25, -0.2) is 0 Å². The monoisotopic (exact) mass is 366 g/mol. The molecule has 0 aliphatic carbocycles. The van der Waals surface area contributed by atoms with Crippen molar-refractivity contribution in [3.63, 3.8) is 0 Å². The molecule has 2 heterocycles. The summed E-state index contributed by atoms with van der Waals surface area (Å²) in [6, 6.07) is 5.12. The summed E-state index contributed by atoms with van der Waals surface area (Å²) < 4.78 is 10.9. The molecular formula is C18H23ClN2O4. The number of amides is 2. The summed E-state index contributed by atoms with van der Waals surface area (Å²) >= 11 is 6.04. The Hall–Kier alpha value is -1.79. The molecule has 2 saturated heterocycles. The van der Waals surface area contributed by atoms with E-state index in [0.29, 0.717) is 29.5 Å². The number of nitrogens with zero attached hydrogens (tertiary/aromatic N) is 1. The van der Waals surface area contributed by atoms with Crippen LogP contribution in [0.2, 0.25) is 5.02 Å². The van der Waals surface area contributed by atoms with Crippen LogP contribution in [0.3, 0.4) is 0 Å². The molecule has 3 rings (SSSR count). The van der Waals surface area contributed by atoms with E-state index >= 15 is 0 Å². The van der Waals surface area contributed by atoms with Crippen molar-refractivity contribution in [3.05, 3.63) is 23.2 Å². The van der Waals surface area contributed by atoms with Gasteiger partial charge in [0.25, 0.3) is 0 Å². The normalized spacial score (nSPS) is 23.1. The van der Waals surface area contributed by atoms with Gasteiger partial charge in [0.05, 0.1) is 24.8 Å². The van der Waals surface area contributed by atoms with E-state index in [1.54, 1.807) is 30.2 Å². The lowest BCUT2D eigenvalue weighted by atomic mass is 10.1. The SMILES string of the molecule is COc1ccc(Cl)cc1N1C[C@H](C(=O)NCC[C@@H]2CCCO2)CC1=O. The number of anilines is 1. The Kier molecular flexibility index (Phi) is 5.81. The van der Waals surface area contributed by atoms with E-state index in [4.69, 9.17) is 21.1 Å². The molecule has 2 aliphatic heterocycles. The molecule has 136 valence electrons. The van der Waals surface area contributed by atoms with Gasteiger partial charge < -0.3 is 19.7 Å². The number of nitrogens with one attached hydrogen (secondary N) is 1. The van der Waals surface area contributed by atoms with Crippen LogP contribution in [0.4, 0.5) is 5.69 Å². The molecule has 0 saturated carbocycles. The number of hydrogen-bond donors (Lipinski definition) is 1. The van der Waals surface area contributed by atoms with Crippen LogP contribution in [0, 0.1) is 5.92 Å². The number of ether oxygens (including phenoxy) is 2. The molecule has 1 aromatic rings. The quantitative estimate of drug-likeness (QED) is 0.839. The van der Waals surface area contributed by atoms with E-state index in [1.165, 1.54) is 0 Å². The summed E-state index contributed by atoms with van der Waals surface area (Å²) in [6.07, 6.45) is 3.41. The molecule has 0 spiro atoms. The second kappa shape index (κ2) is 8.06. The van der Waals surface area contributed by atoms with E-state index in [2.05, 4.69) is 5.32 Å². The molecule has 6 nitrogen and oxygen atoms in total. The van der Waals surface area contributed by atoms with Crippen LogP contribution in [-0.4, -0.2) is 44.7 Å². The molecule has 0 unspecified atom stereocenters. The number of carbonyl (C=O) groups is 2. The molecular weight excluding hydrogens is 344 g/mol. The van der Waals surface area contributed by atoms with Gasteiger partial charge in [-0.05, 0) is 37.5 Å². The average molecular weight is 367 g/mol. The lowest BCUT2D eigenvalue weighted by molar-refractivity contribution is -0.126. The summed E-state index contributed by atoms with van der Waals surface area (Å²) in [5, 5.41) is 3.45. The van der Waals surface area contributed by atoms with Crippen LogP contribution in [0.1, 0.15) is 25.7 Å². The van der Waals surface area contributed by atoms with Gasteiger partial charge in [0.1, 0.15) is 5.75 Å². The molecule has 2 aliphatic rings. The first-order valence-electron chi connectivity index (χ1n) is 8.61. The lowest BCUT2D eigenvalue weighted by Gasteiger charge is -2.20. The highest BCUT2D eigenvalue weighted by Crippen LogP contribution is 2.35. The molecule has 1 aromatic carbocycles. The van der Waals surface area contributed by atoms with Gasteiger partial charge in [-0.2, -0.15) is 0 Å². The molecule has 1 N–H and O–H groups in total. The Balaban J connectivity index is 1.58. The van der Waals surface area contributed by atoms with Crippen molar-refractivity contribution in [3.8, 4) is 5.75 Å². The van der Waals surface area contributed by atoms with Crippen LogP contribution >= 0.6 is 11.6 Å². The third-order valence-corrected chi connectivity index (χ3v) is 4.95. The first kappa shape index (κ1) is 18.0. The Bertz CT molecular complexity index is 646. The van der Waals surface area contributed by atoms with Crippen molar-refractivity contribution in [2.24, 2.45) is 5.92 Å². The molecule has 2 amide bonds. The number of methoxy groups -OCH3 is 1. The number of hydrogen-bond acceptors (Lipinski definition) is 4. The predicted octanol–water partition coefficient (Wildman–Crippen LogP) is 2.39. The maximum atomic E-state index is 12.4. The molecule has 7 heteroatoms. The average Bonchev–Trinajstić information content (AvgIpc) is 3.24. The summed E-state index contributed by atoms with van der Waals surface area (Å²) in [4.78, 5) is 26.3. The molecule has 2 fully saturated rings. The summed E-state index contributed by atoms with van der Waals surface area (Å²) in [6.45, 7) is 1.72. The Labute approximate surface area is 152 Å². The number of carbonyl (C=O) groups excluding carboxylic acids is 2. The zero-order chi connectivity index (χ0) is 17.8. The van der Waals surface area contributed by atoms with Crippen molar-refractivity contribution in [1.82, 2.24) is 5.32 Å². The minimum absolute atomic E-state index is 0.0881. The van der Waals surface area contributed by atoms with Crippen molar-refractivity contribution in [1.29, 1.82) is 0 Å². The van der Waals surface area contributed by atoms with Crippen molar-refractivity contribution in [2.75, 3.05) is 31.7 Å². The third-order valence-electron chi connectivity index (χ3n) is 4.72. The number of halogens is 1. The first-order chi connectivity index (χ1) is 12.1. The minimum atomic E-state index is -0.360.